The number of alkyl halides is 3. The summed E-state index contributed by atoms with van der Waals surface area (Å²) in [4.78, 5) is 5.36. The molecule has 0 bridgehead atoms. The Kier molecular flexibility index (Phi) is 4.62. The number of amidine groups is 1. The SMILES string of the molecule is Cc1cc(N(CC(F)(F)F)C(C)C)c(C(=N)N)c(C)n1. The molecule has 0 aliphatic carbocycles. The predicted octanol–water partition coefficient (Wildman–Crippen LogP) is 2.76. The van der Waals surface area contributed by atoms with Crippen LogP contribution in [0.4, 0.5) is 18.9 Å². The zero-order chi connectivity index (χ0) is 15.7. The molecule has 0 unspecified atom stereocenters. The Morgan fingerprint density at radius 3 is 2.35 bits per heavy atom. The summed E-state index contributed by atoms with van der Waals surface area (Å²) in [6.07, 6.45) is -4.33. The summed E-state index contributed by atoms with van der Waals surface area (Å²) in [5.41, 5.74) is 7.11. The Bertz CT molecular complexity index is 509. The van der Waals surface area contributed by atoms with E-state index in [9.17, 15) is 13.2 Å². The van der Waals surface area contributed by atoms with Crippen LogP contribution in [0.2, 0.25) is 0 Å². The Labute approximate surface area is 116 Å². The van der Waals surface area contributed by atoms with Gasteiger partial charge in [0.1, 0.15) is 12.4 Å². The van der Waals surface area contributed by atoms with Gasteiger partial charge in [0.25, 0.3) is 0 Å². The molecule has 0 saturated heterocycles. The standard InChI is InChI=1S/C13H19F3N4/c1-7(2)20(6-13(14,15)16)10-5-8(3)19-9(4)11(10)12(17)18/h5,7H,6H2,1-4H3,(H3,17,18). The van der Waals surface area contributed by atoms with Gasteiger partial charge in [-0.2, -0.15) is 13.2 Å². The second kappa shape index (κ2) is 5.68. The quantitative estimate of drug-likeness (QED) is 0.661. The zero-order valence-electron chi connectivity index (χ0n) is 12.0. The van der Waals surface area contributed by atoms with Crippen LogP contribution in [-0.4, -0.2) is 29.6 Å². The van der Waals surface area contributed by atoms with Gasteiger partial charge >= 0.3 is 6.18 Å². The van der Waals surface area contributed by atoms with Crippen LogP contribution in [0, 0.1) is 19.3 Å². The van der Waals surface area contributed by atoms with Crippen LogP contribution in [-0.2, 0) is 0 Å². The van der Waals surface area contributed by atoms with Crippen molar-refractivity contribution >= 4 is 11.5 Å². The number of nitrogens with zero attached hydrogens (tertiary/aromatic N) is 2. The van der Waals surface area contributed by atoms with Crippen molar-refractivity contribution in [3.8, 4) is 0 Å². The largest absolute Gasteiger partial charge is 0.405 e. The Balaban J connectivity index is 3.43. The summed E-state index contributed by atoms with van der Waals surface area (Å²) in [6, 6.07) is 1.16. The first-order valence-corrected chi connectivity index (χ1v) is 6.19. The third-order valence-electron chi connectivity index (χ3n) is 2.86. The van der Waals surface area contributed by atoms with E-state index < -0.39 is 12.7 Å². The second-order valence-corrected chi connectivity index (χ2v) is 4.99. The minimum atomic E-state index is -4.33. The van der Waals surface area contributed by atoms with Crippen molar-refractivity contribution in [2.24, 2.45) is 5.73 Å². The Morgan fingerprint density at radius 2 is 1.95 bits per heavy atom. The van der Waals surface area contributed by atoms with E-state index >= 15 is 0 Å². The molecule has 112 valence electrons. The molecule has 1 aromatic rings. The molecule has 0 amide bonds. The van der Waals surface area contributed by atoms with Crippen molar-refractivity contribution in [2.75, 3.05) is 11.4 Å². The normalized spacial score (nSPS) is 11.8. The molecule has 0 aliphatic heterocycles. The molecule has 7 heteroatoms. The number of hydrogen-bond acceptors (Lipinski definition) is 3. The van der Waals surface area contributed by atoms with Gasteiger partial charge in [0, 0.05) is 11.7 Å². The van der Waals surface area contributed by atoms with Crippen LogP contribution in [0.3, 0.4) is 0 Å². The van der Waals surface area contributed by atoms with Gasteiger partial charge < -0.3 is 10.6 Å². The van der Waals surface area contributed by atoms with Crippen LogP contribution in [0.25, 0.3) is 0 Å². The van der Waals surface area contributed by atoms with Crippen LogP contribution in [0.1, 0.15) is 30.8 Å². The van der Waals surface area contributed by atoms with Gasteiger partial charge in [-0.05, 0) is 33.8 Å². The third-order valence-corrected chi connectivity index (χ3v) is 2.86. The number of pyridine rings is 1. The van der Waals surface area contributed by atoms with Crippen LogP contribution >= 0.6 is 0 Å². The van der Waals surface area contributed by atoms with Crippen molar-refractivity contribution in [3.63, 3.8) is 0 Å². The highest BCUT2D eigenvalue weighted by atomic mass is 19.4. The maximum absolute atomic E-state index is 12.7. The molecule has 1 aromatic heterocycles. The molecular formula is C13H19F3N4. The van der Waals surface area contributed by atoms with Gasteiger partial charge in [-0.1, -0.05) is 0 Å². The van der Waals surface area contributed by atoms with Crippen molar-refractivity contribution in [3.05, 3.63) is 23.0 Å². The van der Waals surface area contributed by atoms with Gasteiger partial charge in [0.05, 0.1) is 16.9 Å². The summed E-state index contributed by atoms with van der Waals surface area (Å²) < 4.78 is 38.2. The van der Waals surface area contributed by atoms with Gasteiger partial charge in [-0.25, -0.2) is 0 Å². The average molecular weight is 288 g/mol. The highest BCUT2D eigenvalue weighted by molar-refractivity contribution is 6.01. The summed E-state index contributed by atoms with van der Waals surface area (Å²) in [5, 5.41) is 7.58. The van der Waals surface area contributed by atoms with Crippen molar-refractivity contribution in [1.29, 1.82) is 5.41 Å². The minimum absolute atomic E-state index is 0.258. The van der Waals surface area contributed by atoms with Gasteiger partial charge in [-0.15, -0.1) is 0 Å². The summed E-state index contributed by atoms with van der Waals surface area (Å²) in [5.74, 6) is -0.280. The van der Waals surface area contributed by atoms with Crippen LogP contribution in [0.5, 0.6) is 0 Å². The topological polar surface area (TPSA) is 66.0 Å². The van der Waals surface area contributed by atoms with E-state index in [0.717, 1.165) is 0 Å². The lowest BCUT2D eigenvalue weighted by atomic mass is 10.1. The zero-order valence-corrected chi connectivity index (χ0v) is 12.0. The summed E-state index contributed by atoms with van der Waals surface area (Å²) >= 11 is 0. The first-order chi connectivity index (χ1) is 9.03. The molecule has 0 saturated carbocycles. The lowest BCUT2D eigenvalue weighted by Gasteiger charge is -2.32. The number of aryl methyl sites for hydroxylation is 2. The number of aromatic nitrogens is 1. The molecule has 4 nitrogen and oxygen atoms in total. The minimum Gasteiger partial charge on any atom is -0.384 e. The summed E-state index contributed by atoms with van der Waals surface area (Å²) in [6.45, 7) is 5.58. The number of nitrogen functional groups attached to an aromatic ring is 1. The fraction of sp³-hybridized carbons (Fsp3) is 0.538. The van der Waals surface area contributed by atoms with Crippen molar-refractivity contribution in [2.45, 2.75) is 39.9 Å². The molecule has 1 rings (SSSR count). The van der Waals surface area contributed by atoms with E-state index in [1.807, 2.05) is 0 Å². The van der Waals surface area contributed by atoms with Crippen molar-refractivity contribution < 1.29 is 13.2 Å². The molecule has 0 atom stereocenters. The van der Waals surface area contributed by atoms with E-state index in [-0.39, 0.29) is 17.4 Å². The first kappa shape index (κ1) is 16.3. The molecule has 0 fully saturated rings. The predicted molar refractivity (Wildman–Crippen MR) is 73.3 cm³/mol. The van der Waals surface area contributed by atoms with E-state index in [4.69, 9.17) is 11.1 Å². The van der Waals surface area contributed by atoms with Crippen LogP contribution < -0.4 is 10.6 Å². The number of anilines is 1. The van der Waals surface area contributed by atoms with Crippen LogP contribution in [0.15, 0.2) is 6.07 Å². The first-order valence-electron chi connectivity index (χ1n) is 6.19. The van der Waals surface area contributed by atoms with Crippen molar-refractivity contribution in [1.82, 2.24) is 4.98 Å². The number of hydrogen-bond donors (Lipinski definition) is 2. The lowest BCUT2D eigenvalue weighted by Crippen LogP contribution is -2.40. The monoisotopic (exact) mass is 288 g/mol. The maximum Gasteiger partial charge on any atom is 0.405 e. The fourth-order valence-corrected chi connectivity index (χ4v) is 2.11. The molecule has 3 N–H and O–H groups in total. The Morgan fingerprint density at radius 1 is 1.40 bits per heavy atom. The Hall–Kier alpha value is -1.79. The highest BCUT2D eigenvalue weighted by Crippen LogP contribution is 2.29. The maximum atomic E-state index is 12.7. The molecule has 0 aliphatic rings. The number of nitrogens with two attached hydrogens (primary N) is 1. The van der Waals surface area contributed by atoms with Gasteiger partial charge in [0.2, 0.25) is 0 Å². The van der Waals surface area contributed by atoms with E-state index in [2.05, 4.69) is 4.98 Å². The molecular weight excluding hydrogens is 269 g/mol. The van der Waals surface area contributed by atoms with E-state index in [1.54, 1.807) is 27.7 Å². The smallest absolute Gasteiger partial charge is 0.384 e. The number of halogens is 3. The second-order valence-electron chi connectivity index (χ2n) is 4.99. The molecule has 0 aromatic carbocycles. The molecule has 20 heavy (non-hydrogen) atoms. The highest BCUT2D eigenvalue weighted by Gasteiger charge is 2.33. The van der Waals surface area contributed by atoms with E-state index in [0.29, 0.717) is 17.1 Å². The third kappa shape index (κ3) is 3.85. The average Bonchev–Trinajstić information content (AvgIpc) is 2.22. The molecule has 0 radical (unpaired) electrons. The molecule has 0 spiro atoms. The van der Waals surface area contributed by atoms with Gasteiger partial charge in [0.15, 0.2) is 0 Å². The van der Waals surface area contributed by atoms with Gasteiger partial charge in [-0.3, -0.25) is 10.4 Å². The number of nitrogens with one attached hydrogen (secondary N) is 1. The molecule has 1 heterocycles. The fourth-order valence-electron chi connectivity index (χ4n) is 2.11. The lowest BCUT2D eigenvalue weighted by molar-refractivity contribution is -0.120. The van der Waals surface area contributed by atoms with E-state index in [1.165, 1.54) is 11.0 Å². The summed E-state index contributed by atoms with van der Waals surface area (Å²) in [7, 11) is 0. The number of rotatable bonds is 4.